The van der Waals surface area contributed by atoms with Crippen LogP contribution in [0, 0.1) is 6.92 Å². The maximum absolute atomic E-state index is 9.68. The first-order valence-electron chi connectivity index (χ1n) is 5.37. The fraction of sp³-hybridized carbons (Fsp3) is 0.500. The molecule has 0 aromatic heterocycles. The number of anilines is 1. The number of rotatable bonds is 2. The smallest absolute Gasteiger partial charge is 0.0741 e. The zero-order chi connectivity index (χ0) is 10.8. The van der Waals surface area contributed by atoms with Crippen molar-refractivity contribution in [3.63, 3.8) is 0 Å². The average Bonchev–Trinajstić information content (AvgIpc) is 2.59. The van der Waals surface area contributed by atoms with E-state index in [1.54, 1.807) is 0 Å². The highest BCUT2D eigenvalue weighted by molar-refractivity contribution is 6.31. The van der Waals surface area contributed by atoms with Crippen molar-refractivity contribution in [1.82, 2.24) is 0 Å². The van der Waals surface area contributed by atoms with Crippen LogP contribution in [0.3, 0.4) is 0 Å². The van der Waals surface area contributed by atoms with Gasteiger partial charge >= 0.3 is 0 Å². The van der Waals surface area contributed by atoms with Gasteiger partial charge in [-0.25, -0.2) is 0 Å². The number of nitrogens with one attached hydrogen (secondary N) is 1. The SMILES string of the molecule is Cc1ccc(N[C@@H]2CCC[C@H]2O)cc1Cl. The van der Waals surface area contributed by atoms with Crippen molar-refractivity contribution in [3.8, 4) is 0 Å². The van der Waals surface area contributed by atoms with Crippen molar-refractivity contribution in [2.24, 2.45) is 0 Å². The van der Waals surface area contributed by atoms with Gasteiger partial charge < -0.3 is 10.4 Å². The van der Waals surface area contributed by atoms with Crippen molar-refractivity contribution in [2.75, 3.05) is 5.32 Å². The first kappa shape index (κ1) is 10.8. The van der Waals surface area contributed by atoms with Crippen LogP contribution in [0.25, 0.3) is 0 Å². The molecule has 1 aromatic carbocycles. The molecular formula is C12H16ClNO. The lowest BCUT2D eigenvalue weighted by molar-refractivity contribution is 0.172. The Morgan fingerprint density at radius 2 is 2.20 bits per heavy atom. The second-order valence-electron chi connectivity index (χ2n) is 4.21. The topological polar surface area (TPSA) is 32.3 Å². The predicted octanol–water partition coefficient (Wildman–Crippen LogP) is 2.97. The highest BCUT2D eigenvalue weighted by Gasteiger charge is 2.24. The van der Waals surface area contributed by atoms with Gasteiger partial charge in [0, 0.05) is 10.7 Å². The van der Waals surface area contributed by atoms with Crippen molar-refractivity contribution < 1.29 is 5.11 Å². The molecule has 1 aliphatic carbocycles. The van der Waals surface area contributed by atoms with Gasteiger partial charge in [-0.1, -0.05) is 17.7 Å². The lowest BCUT2D eigenvalue weighted by atomic mass is 10.1. The third-order valence-electron chi connectivity index (χ3n) is 3.00. The molecule has 1 aromatic rings. The van der Waals surface area contributed by atoms with Gasteiger partial charge in [-0.3, -0.25) is 0 Å². The van der Waals surface area contributed by atoms with Gasteiger partial charge in [-0.2, -0.15) is 0 Å². The molecule has 15 heavy (non-hydrogen) atoms. The summed E-state index contributed by atoms with van der Waals surface area (Å²) in [6.45, 7) is 1.98. The van der Waals surface area contributed by atoms with E-state index < -0.39 is 0 Å². The van der Waals surface area contributed by atoms with Gasteiger partial charge in [0.05, 0.1) is 12.1 Å². The molecule has 1 saturated carbocycles. The number of aliphatic hydroxyl groups excluding tert-OH is 1. The molecule has 0 radical (unpaired) electrons. The Morgan fingerprint density at radius 1 is 1.40 bits per heavy atom. The van der Waals surface area contributed by atoms with E-state index in [0.717, 1.165) is 35.5 Å². The van der Waals surface area contributed by atoms with E-state index in [1.807, 2.05) is 25.1 Å². The lowest BCUT2D eigenvalue weighted by Gasteiger charge is -2.18. The minimum absolute atomic E-state index is 0.184. The van der Waals surface area contributed by atoms with Crippen LogP contribution in [0.15, 0.2) is 18.2 Å². The predicted molar refractivity (Wildman–Crippen MR) is 63.5 cm³/mol. The molecule has 3 heteroatoms. The molecule has 2 nitrogen and oxygen atoms in total. The molecule has 0 heterocycles. The fourth-order valence-corrected chi connectivity index (χ4v) is 2.19. The number of aryl methyl sites for hydroxylation is 1. The van der Waals surface area contributed by atoms with Gasteiger partial charge in [0.1, 0.15) is 0 Å². The molecule has 2 N–H and O–H groups in total. The van der Waals surface area contributed by atoms with Gasteiger partial charge in [-0.15, -0.1) is 0 Å². The van der Waals surface area contributed by atoms with Crippen LogP contribution < -0.4 is 5.32 Å². The van der Waals surface area contributed by atoms with Crippen LogP contribution in [0.2, 0.25) is 5.02 Å². The van der Waals surface area contributed by atoms with Crippen LogP contribution in [-0.4, -0.2) is 17.3 Å². The molecule has 0 bridgehead atoms. The summed E-state index contributed by atoms with van der Waals surface area (Å²) in [6.07, 6.45) is 2.81. The van der Waals surface area contributed by atoms with Crippen molar-refractivity contribution in [3.05, 3.63) is 28.8 Å². The van der Waals surface area contributed by atoms with Gasteiger partial charge in [0.25, 0.3) is 0 Å². The average molecular weight is 226 g/mol. The Labute approximate surface area is 95.3 Å². The van der Waals surface area contributed by atoms with Gasteiger partial charge in [0.15, 0.2) is 0 Å². The molecule has 2 atom stereocenters. The van der Waals surface area contributed by atoms with Gasteiger partial charge in [-0.05, 0) is 43.9 Å². The van der Waals surface area contributed by atoms with Crippen LogP contribution in [0.4, 0.5) is 5.69 Å². The first-order valence-corrected chi connectivity index (χ1v) is 5.75. The Kier molecular flexibility index (Phi) is 3.17. The number of hydrogen-bond donors (Lipinski definition) is 2. The van der Waals surface area contributed by atoms with E-state index in [4.69, 9.17) is 11.6 Å². The summed E-state index contributed by atoms with van der Waals surface area (Å²) in [6, 6.07) is 6.10. The number of halogens is 1. The minimum atomic E-state index is -0.218. The fourth-order valence-electron chi connectivity index (χ4n) is 2.01. The van der Waals surface area contributed by atoms with Crippen LogP contribution in [-0.2, 0) is 0 Å². The largest absolute Gasteiger partial charge is 0.391 e. The van der Waals surface area contributed by atoms with Gasteiger partial charge in [0.2, 0.25) is 0 Å². The standard InChI is InChI=1S/C12H16ClNO/c1-8-5-6-9(7-10(8)13)14-11-3-2-4-12(11)15/h5-7,11-12,14-15H,2-4H2,1H3/t11-,12-/m1/s1. The lowest BCUT2D eigenvalue weighted by Crippen LogP contribution is -2.27. The zero-order valence-corrected chi connectivity index (χ0v) is 9.59. The highest BCUT2D eigenvalue weighted by atomic mass is 35.5. The van der Waals surface area contributed by atoms with Crippen molar-refractivity contribution >= 4 is 17.3 Å². The second kappa shape index (κ2) is 4.42. The summed E-state index contributed by atoms with van der Waals surface area (Å²) >= 11 is 6.03. The van der Waals surface area contributed by atoms with Crippen LogP contribution >= 0.6 is 11.6 Å². The monoisotopic (exact) mass is 225 g/mol. The third kappa shape index (κ3) is 2.44. The molecule has 1 aliphatic rings. The molecular weight excluding hydrogens is 210 g/mol. The quantitative estimate of drug-likeness (QED) is 0.811. The molecule has 0 unspecified atom stereocenters. The Bertz CT molecular complexity index is 353. The van der Waals surface area contributed by atoms with Crippen LogP contribution in [0.1, 0.15) is 24.8 Å². The van der Waals surface area contributed by atoms with Crippen molar-refractivity contribution in [1.29, 1.82) is 0 Å². The summed E-state index contributed by atoms with van der Waals surface area (Å²) in [5.74, 6) is 0. The van der Waals surface area contributed by atoms with E-state index in [2.05, 4.69) is 5.32 Å². The van der Waals surface area contributed by atoms with Crippen LogP contribution in [0.5, 0.6) is 0 Å². The molecule has 2 rings (SSSR count). The summed E-state index contributed by atoms with van der Waals surface area (Å²) in [5.41, 5.74) is 2.07. The Balaban J connectivity index is 2.07. The number of benzene rings is 1. The molecule has 0 saturated heterocycles. The number of aliphatic hydroxyl groups is 1. The normalized spacial score (nSPS) is 25.5. The molecule has 0 aliphatic heterocycles. The summed E-state index contributed by atoms with van der Waals surface area (Å²) < 4.78 is 0. The second-order valence-corrected chi connectivity index (χ2v) is 4.62. The maximum Gasteiger partial charge on any atom is 0.0741 e. The highest BCUT2D eigenvalue weighted by Crippen LogP contribution is 2.25. The third-order valence-corrected chi connectivity index (χ3v) is 3.41. The van der Waals surface area contributed by atoms with E-state index in [1.165, 1.54) is 0 Å². The molecule has 1 fully saturated rings. The Morgan fingerprint density at radius 3 is 2.80 bits per heavy atom. The summed E-state index contributed by atoms with van der Waals surface area (Å²) in [5, 5.41) is 13.8. The van der Waals surface area contributed by atoms with E-state index in [9.17, 15) is 5.11 Å². The van der Waals surface area contributed by atoms with E-state index >= 15 is 0 Å². The van der Waals surface area contributed by atoms with E-state index in [0.29, 0.717) is 0 Å². The summed E-state index contributed by atoms with van der Waals surface area (Å²) in [7, 11) is 0. The molecule has 82 valence electrons. The Hall–Kier alpha value is -0.730. The molecule has 0 amide bonds. The minimum Gasteiger partial charge on any atom is -0.391 e. The molecule has 0 spiro atoms. The number of hydrogen-bond acceptors (Lipinski definition) is 2. The summed E-state index contributed by atoms with van der Waals surface area (Å²) in [4.78, 5) is 0. The van der Waals surface area contributed by atoms with Crippen molar-refractivity contribution in [2.45, 2.75) is 38.3 Å². The first-order chi connectivity index (χ1) is 7.16. The maximum atomic E-state index is 9.68. The zero-order valence-electron chi connectivity index (χ0n) is 8.83. The van der Waals surface area contributed by atoms with E-state index in [-0.39, 0.29) is 12.1 Å².